The van der Waals surface area contributed by atoms with Crippen LogP contribution in [0.4, 0.5) is 0 Å². The predicted molar refractivity (Wildman–Crippen MR) is 114 cm³/mol. The van der Waals surface area contributed by atoms with Gasteiger partial charge in [-0.15, -0.1) is 5.10 Å². The molecule has 0 saturated carbocycles. The Morgan fingerprint density at radius 2 is 1.86 bits per heavy atom. The maximum absolute atomic E-state index is 12.7. The van der Waals surface area contributed by atoms with E-state index in [-0.39, 0.29) is 5.56 Å². The normalized spacial score (nSPS) is 12.0. The lowest BCUT2D eigenvalue weighted by Crippen LogP contribution is -2.23. The molecule has 28 heavy (non-hydrogen) atoms. The van der Waals surface area contributed by atoms with E-state index in [0.717, 1.165) is 17.7 Å². The van der Waals surface area contributed by atoms with Crippen LogP contribution in [0, 0.1) is 0 Å². The summed E-state index contributed by atoms with van der Waals surface area (Å²) in [7, 11) is 0. The van der Waals surface area contributed by atoms with Crippen LogP contribution in [0.25, 0.3) is 22.4 Å². The molecule has 2 heterocycles. The molecule has 4 rings (SSSR count). The van der Waals surface area contributed by atoms with E-state index in [4.69, 9.17) is 27.9 Å². The number of fused-ring (bicyclic) bond motifs is 1. The molecular formula is C20H15Cl2N3O2S. The number of hydrogen-bond donors (Lipinski definition) is 0. The van der Waals surface area contributed by atoms with E-state index in [0.29, 0.717) is 37.5 Å². The number of thiazole rings is 1. The van der Waals surface area contributed by atoms with Crippen LogP contribution < -0.4 is 14.8 Å². The van der Waals surface area contributed by atoms with Crippen molar-refractivity contribution >= 4 is 45.6 Å². The molecule has 2 aromatic heterocycles. The summed E-state index contributed by atoms with van der Waals surface area (Å²) in [5, 5.41) is 5.32. The third-order valence-corrected chi connectivity index (χ3v) is 5.66. The van der Waals surface area contributed by atoms with Crippen LogP contribution in [0.15, 0.2) is 47.3 Å². The van der Waals surface area contributed by atoms with Crippen LogP contribution in [0.2, 0.25) is 10.0 Å². The summed E-state index contributed by atoms with van der Waals surface area (Å²) in [4.78, 5) is 17.7. The zero-order valence-electron chi connectivity index (χ0n) is 14.9. The van der Waals surface area contributed by atoms with Gasteiger partial charge in [0.1, 0.15) is 5.75 Å². The van der Waals surface area contributed by atoms with Gasteiger partial charge in [0.2, 0.25) is 4.96 Å². The second-order valence-corrected chi connectivity index (χ2v) is 7.88. The molecule has 0 aliphatic carbocycles. The highest BCUT2D eigenvalue weighted by molar-refractivity contribution is 7.15. The van der Waals surface area contributed by atoms with Gasteiger partial charge in [0.05, 0.1) is 11.1 Å². The Bertz CT molecular complexity index is 1230. The summed E-state index contributed by atoms with van der Waals surface area (Å²) in [6.45, 7) is 2.73. The number of hydrogen-bond acceptors (Lipinski definition) is 5. The van der Waals surface area contributed by atoms with Gasteiger partial charge in [-0.3, -0.25) is 4.79 Å². The Kier molecular flexibility index (Phi) is 5.35. The molecule has 4 aromatic rings. The van der Waals surface area contributed by atoms with E-state index in [1.807, 2.05) is 24.3 Å². The van der Waals surface area contributed by atoms with Crippen molar-refractivity contribution in [2.24, 2.45) is 0 Å². The van der Waals surface area contributed by atoms with E-state index in [1.165, 1.54) is 15.9 Å². The van der Waals surface area contributed by atoms with Gasteiger partial charge in [0.25, 0.3) is 5.56 Å². The first-order chi connectivity index (χ1) is 13.6. The number of rotatable bonds is 5. The van der Waals surface area contributed by atoms with E-state index in [1.54, 1.807) is 24.3 Å². The summed E-state index contributed by atoms with van der Waals surface area (Å²) in [5.74, 6) is 1.29. The molecule has 142 valence electrons. The van der Waals surface area contributed by atoms with Crippen LogP contribution in [-0.2, 0) is 0 Å². The second kappa shape index (κ2) is 7.91. The van der Waals surface area contributed by atoms with E-state index >= 15 is 0 Å². The number of aromatic nitrogens is 3. The molecule has 8 heteroatoms. The first kappa shape index (κ1) is 18.9. The lowest BCUT2D eigenvalue weighted by atomic mass is 10.2. The van der Waals surface area contributed by atoms with Crippen molar-refractivity contribution in [1.82, 2.24) is 14.6 Å². The molecule has 0 radical (unpaired) electrons. The van der Waals surface area contributed by atoms with Crippen LogP contribution in [-0.4, -0.2) is 21.2 Å². The van der Waals surface area contributed by atoms with Crippen LogP contribution >= 0.6 is 34.5 Å². The fraction of sp³-hybridized carbons (Fsp3) is 0.150. The molecule has 0 fully saturated rings. The smallest absolute Gasteiger partial charge is 0.291 e. The zero-order chi connectivity index (χ0) is 19.7. The molecule has 0 aliphatic heterocycles. The molecule has 0 spiro atoms. The third kappa shape index (κ3) is 3.63. The Labute approximate surface area is 174 Å². The summed E-state index contributed by atoms with van der Waals surface area (Å²) in [6.07, 6.45) is 2.62. The Balaban J connectivity index is 1.71. The van der Waals surface area contributed by atoms with Gasteiger partial charge in [-0.1, -0.05) is 47.5 Å². The standard InChI is InChI=1S/C20H15Cl2N3O2S/c1-2-10-27-13-8-6-12(7-9-13)18-23-20-25(24-18)19(26)17(28-20)11-14-15(21)4-3-5-16(14)22/h3-9,11H,2,10H2,1H3/b17-11-. The number of benzene rings is 2. The average molecular weight is 432 g/mol. The minimum atomic E-state index is -0.252. The van der Waals surface area contributed by atoms with Gasteiger partial charge in [0.15, 0.2) is 5.82 Å². The fourth-order valence-corrected chi connectivity index (χ4v) is 4.05. The van der Waals surface area contributed by atoms with Crippen LogP contribution in [0.5, 0.6) is 5.75 Å². The summed E-state index contributed by atoms with van der Waals surface area (Å²) < 4.78 is 7.36. The highest BCUT2D eigenvalue weighted by atomic mass is 35.5. The van der Waals surface area contributed by atoms with Gasteiger partial charge in [-0.2, -0.15) is 9.50 Å². The van der Waals surface area contributed by atoms with E-state index in [9.17, 15) is 4.79 Å². The molecule has 2 aromatic carbocycles. The Hall–Kier alpha value is -2.41. The Morgan fingerprint density at radius 3 is 2.50 bits per heavy atom. The molecule has 0 bridgehead atoms. The highest BCUT2D eigenvalue weighted by Crippen LogP contribution is 2.25. The fourth-order valence-electron chi connectivity index (χ4n) is 2.66. The largest absolute Gasteiger partial charge is 0.494 e. The lowest BCUT2D eigenvalue weighted by molar-refractivity contribution is 0.317. The second-order valence-electron chi connectivity index (χ2n) is 6.05. The number of halogens is 2. The molecular weight excluding hydrogens is 417 g/mol. The van der Waals surface area contributed by atoms with Crippen molar-refractivity contribution in [3.8, 4) is 17.1 Å². The van der Waals surface area contributed by atoms with Gasteiger partial charge in [0, 0.05) is 21.2 Å². The minimum absolute atomic E-state index is 0.252. The van der Waals surface area contributed by atoms with Gasteiger partial charge < -0.3 is 4.74 Å². The number of ether oxygens (including phenoxy) is 1. The monoisotopic (exact) mass is 431 g/mol. The predicted octanol–water partition coefficient (Wildman–Crippen LogP) is 4.46. The molecule has 0 N–H and O–H groups in total. The van der Waals surface area contributed by atoms with Crippen LogP contribution in [0.1, 0.15) is 18.9 Å². The van der Waals surface area contributed by atoms with Crippen molar-refractivity contribution in [2.75, 3.05) is 6.61 Å². The maximum atomic E-state index is 12.7. The lowest BCUT2D eigenvalue weighted by Gasteiger charge is -2.04. The average Bonchev–Trinajstić information content (AvgIpc) is 3.23. The van der Waals surface area contributed by atoms with Crippen LogP contribution in [0.3, 0.4) is 0 Å². The van der Waals surface area contributed by atoms with Gasteiger partial charge in [-0.25, -0.2) is 0 Å². The molecule has 0 saturated heterocycles. The SMILES string of the molecule is CCCOc1ccc(-c2nc3s/c(=C\c4c(Cl)cccc4Cl)c(=O)n3n2)cc1. The third-order valence-electron chi connectivity index (χ3n) is 4.04. The molecule has 0 amide bonds. The molecule has 5 nitrogen and oxygen atoms in total. The van der Waals surface area contributed by atoms with Gasteiger partial charge in [-0.05, 0) is 48.9 Å². The van der Waals surface area contributed by atoms with Crippen molar-refractivity contribution < 1.29 is 4.74 Å². The minimum Gasteiger partial charge on any atom is -0.494 e. The van der Waals surface area contributed by atoms with Crippen molar-refractivity contribution in [3.05, 3.63) is 73.0 Å². The van der Waals surface area contributed by atoms with Crippen molar-refractivity contribution in [2.45, 2.75) is 13.3 Å². The molecule has 0 aliphatic rings. The summed E-state index contributed by atoms with van der Waals surface area (Å²) >= 11 is 13.6. The molecule has 0 atom stereocenters. The quantitative estimate of drug-likeness (QED) is 0.467. The first-order valence-corrected chi connectivity index (χ1v) is 10.2. The number of nitrogens with zero attached hydrogens (tertiary/aromatic N) is 3. The topological polar surface area (TPSA) is 56.5 Å². The maximum Gasteiger partial charge on any atom is 0.291 e. The van der Waals surface area contributed by atoms with Crippen molar-refractivity contribution in [3.63, 3.8) is 0 Å². The zero-order valence-corrected chi connectivity index (χ0v) is 17.2. The van der Waals surface area contributed by atoms with E-state index < -0.39 is 0 Å². The summed E-state index contributed by atoms with van der Waals surface area (Å²) in [6, 6.07) is 12.7. The Morgan fingerprint density at radius 1 is 1.14 bits per heavy atom. The highest BCUT2D eigenvalue weighted by Gasteiger charge is 2.13. The van der Waals surface area contributed by atoms with Crippen molar-refractivity contribution in [1.29, 1.82) is 0 Å². The van der Waals surface area contributed by atoms with E-state index in [2.05, 4.69) is 17.0 Å². The first-order valence-electron chi connectivity index (χ1n) is 8.65. The summed E-state index contributed by atoms with van der Waals surface area (Å²) in [5.41, 5.74) is 1.17. The van der Waals surface area contributed by atoms with Gasteiger partial charge >= 0.3 is 0 Å². The molecule has 0 unspecified atom stereocenters.